The van der Waals surface area contributed by atoms with Gasteiger partial charge >= 0.3 is 0 Å². The summed E-state index contributed by atoms with van der Waals surface area (Å²) in [5, 5.41) is 12.3. The largest absolute Gasteiger partial charge is 0.399 e. The van der Waals surface area contributed by atoms with E-state index in [1.807, 2.05) is 6.07 Å². The first-order chi connectivity index (χ1) is 8.19. The van der Waals surface area contributed by atoms with E-state index in [1.165, 1.54) is 0 Å². The standard InChI is InChI=1S/C12H9ClN4/c13-10-2-1-8(7-14)5-11(10)17-12-6-9(15)3-4-16-12/h1-6H,(H3,15,16,17). The van der Waals surface area contributed by atoms with Crippen molar-refractivity contribution in [1.29, 1.82) is 5.26 Å². The number of hydrogen-bond donors (Lipinski definition) is 2. The van der Waals surface area contributed by atoms with Gasteiger partial charge in [-0.2, -0.15) is 5.26 Å². The molecule has 0 unspecified atom stereocenters. The van der Waals surface area contributed by atoms with Gasteiger partial charge in [0.2, 0.25) is 0 Å². The van der Waals surface area contributed by atoms with E-state index in [2.05, 4.69) is 10.3 Å². The third-order valence-corrected chi connectivity index (χ3v) is 2.47. The van der Waals surface area contributed by atoms with Gasteiger partial charge in [-0.25, -0.2) is 4.98 Å². The molecular formula is C12H9ClN4. The Hall–Kier alpha value is -2.25. The third kappa shape index (κ3) is 2.65. The first-order valence-corrected chi connectivity index (χ1v) is 5.25. The van der Waals surface area contributed by atoms with Gasteiger partial charge in [0.1, 0.15) is 5.82 Å². The zero-order valence-electron chi connectivity index (χ0n) is 8.81. The molecule has 0 radical (unpaired) electrons. The van der Waals surface area contributed by atoms with Crippen LogP contribution in [-0.4, -0.2) is 4.98 Å². The number of nitrogens with one attached hydrogen (secondary N) is 1. The van der Waals surface area contributed by atoms with Crippen LogP contribution in [0.2, 0.25) is 5.02 Å². The molecule has 0 atom stereocenters. The summed E-state index contributed by atoms with van der Waals surface area (Å²) in [6.07, 6.45) is 1.60. The number of nitrogens with zero attached hydrogens (tertiary/aromatic N) is 2. The third-order valence-electron chi connectivity index (χ3n) is 2.14. The molecule has 0 bridgehead atoms. The highest BCUT2D eigenvalue weighted by atomic mass is 35.5. The quantitative estimate of drug-likeness (QED) is 0.852. The summed E-state index contributed by atoms with van der Waals surface area (Å²) in [5.41, 5.74) is 7.40. The second-order valence-electron chi connectivity index (χ2n) is 3.41. The van der Waals surface area contributed by atoms with Crippen LogP contribution in [0.15, 0.2) is 36.5 Å². The number of benzene rings is 1. The fourth-order valence-electron chi connectivity index (χ4n) is 1.34. The Labute approximate surface area is 104 Å². The number of halogens is 1. The van der Waals surface area contributed by atoms with Gasteiger partial charge in [0.15, 0.2) is 0 Å². The summed E-state index contributed by atoms with van der Waals surface area (Å²) in [4.78, 5) is 4.10. The topological polar surface area (TPSA) is 74.7 Å². The molecule has 2 rings (SSSR count). The van der Waals surface area contributed by atoms with Gasteiger partial charge in [-0.1, -0.05) is 11.6 Å². The van der Waals surface area contributed by atoms with Crippen molar-refractivity contribution >= 4 is 28.8 Å². The molecule has 0 saturated carbocycles. The minimum atomic E-state index is 0.522. The lowest BCUT2D eigenvalue weighted by molar-refractivity contribution is 1.31. The van der Waals surface area contributed by atoms with E-state index in [-0.39, 0.29) is 0 Å². The molecule has 84 valence electrons. The van der Waals surface area contributed by atoms with E-state index in [9.17, 15) is 0 Å². The highest BCUT2D eigenvalue weighted by Gasteiger charge is 2.03. The van der Waals surface area contributed by atoms with Crippen LogP contribution in [0, 0.1) is 11.3 Å². The molecule has 3 N–H and O–H groups in total. The van der Waals surface area contributed by atoms with Crippen LogP contribution in [0.4, 0.5) is 17.2 Å². The molecule has 1 aromatic carbocycles. The number of nitrogens with two attached hydrogens (primary N) is 1. The Morgan fingerprint density at radius 1 is 1.29 bits per heavy atom. The number of aromatic nitrogens is 1. The lowest BCUT2D eigenvalue weighted by atomic mass is 10.2. The Balaban J connectivity index is 2.33. The zero-order valence-corrected chi connectivity index (χ0v) is 9.57. The Kier molecular flexibility index (Phi) is 3.12. The molecule has 0 spiro atoms. The van der Waals surface area contributed by atoms with E-state index < -0.39 is 0 Å². The molecule has 17 heavy (non-hydrogen) atoms. The predicted molar refractivity (Wildman–Crippen MR) is 68.1 cm³/mol. The van der Waals surface area contributed by atoms with Crippen LogP contribution in [0.5, 0.6) is 0 Å². The van der Waals surface area contributed by atoms with Crippen molar-refractivity contribution in [1.82, 2.24) is 4.98 Å². The molecule has 1 heterocycles. The number of rotatable bonds is 2. The second kappa shape index (κ2) is 4.73. The summed E-state index contributed by atoms with van der Waals surface area (Å²) in [5.74, 6) is 0.585. The van der Waals surface area contributed by atoms with Gasteiger partial charge in [0.25, 0.3) is 0 Å². The van der Waals surface area contributed by atoms with Gasteiger partial charge in [0, 0.05) is 18.0 Å². The van der Waals surface area contributed by atoms with Crippen molar-refractivity contribution in [2.45, 2.75) is 0 Å². The first-order valence-electron chi connectivity index (χ1n) is 4.87. The number of pyridine rings is 1. The maximum absolute atomic E-state index is 8.81. The fraction of sp³-hybridized carbons (Fsp3) is 0. The Morgan fingerprint density at radius 2 is 2.12 bits per heavy atom. The lowest BCUT2D eigenvalue weighted by Crippen LogP contribution is -1.96. The van der Waals surface area contributed by atoms with Gasteiger partial charge in [0.05, 0.1) is 22.3 Å². The Bertz CT molecular complexity index is 589. The first kappa shape index (κ1) is 11.2. The summed E-state index contributed by atoms with van der Waals surface area (Å²) in [6, 6.07) is 10.4. The maximum atomic E-state index is 8.81. The Morgan fingerprint density at radius 3 is 2.82 bits per heavy atom. The molecule has 5 heteroatoms. The fourth-order valence-corrected chi connectivity index (χ4v) is 1.51. The number of nitriles is 1. The molecule has 0 fully saturated rings. The highest BCUT2D eigenvalue weighted by molar-refractivity contribution is 6.33. The average molecular weight is 245 g/mol. The molecule has 2 aromatic rings. The van der Waals surface area contributed by atoms with Crippen molar-refractivity contribution < 1.29 is 0 Å². The maximum Gasteiger partial charge on any atom is 0.132 e. The molecule has 4 nitrogen and oxygen atoms in total. The molecular weight excluding hydrogens is 236 g/mol. The van der Waals surface area contributed by atoms with Crippen LogP contribution < -0.4 is 11.1 Å². The van der Waals surface area contributed by atoms with Crippen LogP contribution in [0.1, 0.15) is 5.56 Å². The van der Waals surface area contributed by atoms with Crippen molar-refractivity contribution in [3.8, 4) is 6.07 Å². The van der Waals surface area contributed by atoms with Crippen molar-refractivity contribution in [3.05, 3.63) is 47.1 Å². The minimum absolute atomic E-state index is 0.522. The monoisotopic (exact) mass is 244 g/mol. The van der Waals surface area contributed by atoms with Crippen LogP contribution >= 0.6 is 11.6 Å². The molecule has 0 aliphatic rings. The van der Waals surface area contributed by atoms with E-state index in [0.29, 0.717) is 27.8 Å². The van der Waals surface area contributed by atoms with Crippen molar-refractivity contribution in [2.24, 2.45) is 0 Å². The molecule has 0 aliphatic carbocycles. The normalized spacial score (nSPS) is 9.65. The molecule has 0 aliphatic heterocycles. The van der Waals surface area contributed by atoms with Crippen LogP contribution in [0.25, 0.3) is 0 Å². The van der Waals surface area contributed by atoms with Crippen molar-refractivity contribution in [3.63, 3.8) is 0 Å². The van der Waals surface area contributed by atoms with Crippen molar-refractivity contribution in [2.75, 3.05) is 11.1 Å². The summed E-state index contributed by atoms with van der Waals surface area (Å²) in [7, 11) is 0. The van der Waals surface area contributed by atoms with Gasteiger partial charge in [-0.05, 0) is 24.3 Å². The summed E-state index contributed by atoms with van der Waals surface area (Å²) >= 11 is 6.01. The van der Waals surface area contributed by atoms with E-state index >= 15 is 0 Å². The lowest BCUT2D eigenvalue weighted by Gasteiger charge is -2.08. The van der Waals surface area contributed by atoms with Gasteiger partial charge in [-0.3, -0.25) is 0 Å². The molecule has 0 amide bonds. The van der Waals surface area contributed by atoms with E-state index in [0.717, 1.165) is 0 Å². The van der Waals surface area contributed by atoms with Gasteiger partial charge < -0.3 is 11.1 Å². The molecule has 1 aromatic heterocycles. The number of anilines is 3. The van der Waals surface area contributed by atoms with E-state index in [1.54, 1.807) is 36.5 Å². The predicted octanol–water partition coefficient (Wildman–Crippen LogP) is 2.93. The summed E-state index contributed by atoms with van der Waals surface area (Å²) in [6.45, 7) is 0. The summed E-state index contributed by atoms with van der Waals surface area (Å²) < 4.78 is 0. The van der Waals surface area contributed by atoms with E-state index in [4.69, 9.17) is 22.6 Å². The zero-order chi connectivity index (χ0) is 12.3. The minimum Gasteiger partial charge on any atom is -0.399 e. The van der Waals surface area contributed by atoms with Crippen LogP contribution in [-0.2, 0) is 0 Å². The van der Waals surface area contributed by atoms with Crippen LogP contribution in [0.3, 0.4) is 0 Å². The highest BCUT2D eigenvalue weighted by Crippen LogP contribution is 2.26. The van der Waals surface area contributed by atoms with Gasteiger partial charge in [-0.15, -0.1) is 0 Å². The average Bonchev–Trinajstić information content (AvgIpc) is 2.32. The smallest absolute Gasteiger partial charge is 0.132 e. The number of hydrogen-bond acceptors (Lipinski definition) is 4. The second-order valence-corrected chi connectivity index (χ2v) is 3.81. The number of nitrogen functional groups attached to an aromatic ring is 1. The molecule has 0 saturated heterocycles. The SMILES string of the molecule is N#Cc1ccc(Cl)c(Nc2cc(N)ccn2)c1.